The van der Waals surface area contributed by atoms with Gasteiger partial charge in [0.25, 0.3) is 5.91 Å². The van der Waals surface area contributed by atoms with E-state index in [9.17, 15) is 4.79 Å². The van der Waals surface area contributed by atoms with Gasteiger partial charge in [-0.05, 0) is 18.2 Å². The number of hydrogen-bond donors (Lipinski definition) is 1. The van der Waals surface area contributed by atoms with Gasteiger partial charge < -0.3 is 19.5 Å². The van der Waals surface area contributed by atoms with E-state index in [1.54, 1.807) is 10.9 Å². The molecule has 1 saturated heterocycles. The van der Waals surface area contributed by atoms with Crippen molar-refractivity contribution >= 4 is 5.91 Å². The Bertz CT molecular complexity index is 843. The molecular weight excluding hydrogens is 360 g/mol. The number of rotatable bonds is 4. The Labute approximate surface area is 164 Å². The van der Waals surface area contributed by atoms with E-state index < -0.39 is 0 Å². The van der Waals surface area contributed by atoms with Gasteiger partial charge in [-0.3, -0.25) is 14.4 Å². The molecule has 0 bridgehead atoms. The summed E-state index contributed by atoms with van der Waals surface area (Å²) in [5.74, 6) is 1.40. The van der Waals surface area contributed by atoms with Crippen LogP contribution in [0.4, 0.5) is 0 Å². The van der Waals surface area contributed by atoms with Gasteiger partial charge in [0, 0.05) is 58.0 Å². The van der Waals surface area contributed by atoms with Crippen molar-refractivity contribution in [2.75, 3.05) is 52.5 Å². The Balaban J connectivity index is 1.57. The zero-order chi connectivity index (χ0) is 19.5. The molecule has 1 aromatic heterocycles. The summed E-state index contributed by atoms with van der Waals surface area (Å²) >= 11 is 0. The second-order valence-electron chi connectivity index (χ2n) is 7.13. The first-order valence-electron chi connectivity index (χ1n) is 9.72. The third-order valence-electron chi connectivity index (χ3n) is 5.16. The average Bonchev–Trinajstić information content (AvgIpc) is 2.95. The third kappa shape index (κ3) is 3.83. The van der Waals surface area contributed by atoms with E-state index in [0.717, 1.165) is 30.8 Å². The summed E-state index contributed by atoms with van der Waals surface area (Å²) in [6.45, 7) is 4.88. The molecule has 1 aromatic carbocycles. The number of aryl methyl sites for hydroxylation is 1. The molecule has 0 aliphatic carbocycles. The summed E-state index contributed by atoms with van der Waals surface area (Å²) in [5, 5.41) is 13.6. The van der Waals surface area contributed by atoms with Gasteiger partial charge in [0.1, 0.15) is 5.69 Å². The Hall–Kier alpha value is -2.58. The second-order valence-corrected chi connectivity index (χ2v) is 7.13. The van der Waals surface area contributed by atoms with Crippen LogP contribution in [0.2, 0.25) is 0 Å². The molecule has 0 radical (unpaired) electrons. The summed E-state index contributed by atoms with van der Waals surface area (Å²) in [5.41, 5.74) is 2.08. The standard InChI is InChI=1S/C20H26N4O4/c1-22-14-16(20(26)24-7-5-23(6-8-24)9-10-25)19(21-22)15-3-4-17-18(13-15)28-12-2-11-27-17/h3-4,13-14,25H,2,5-12H2,1H3. The third-order valence-corrected chi connectivity index (χ3v) is 5.16. The lowest BCUT2D eigenvalue weighted by Gasteiger charge is -2.34. The highest BCUT2D eigenvalue weighted by Gasteiger charge is 2.26. The number of carbonyl (C=O) groups excluding carboxylic acids is 1. The summed E-state index contributed by atoms with van der Waals surface area (Å²) < 4.78 is 13.2. The molecule has 2 aromatic rings. The van der Waals surface area contributed by atoms with Crippen LogP contribution in [-0.4, -0.2) is 83.1 Å². The number of aromatic nitrogens is 2. The van der Waals surface area contributed by atoms with Gasteiger partial charge in [-0.2, -0.15) is 5.10 Å². The van der Waals surface area contributed by atoms with Gasteiger partial charge in [-0.1, -0.05) is 0 Å². The number of aliphatic hydroxyl groups is 1. The zero-order valence-electron chi connectivity index (χ0n) is 16.1. The van der Waals surface area contributed by atoms with E-state index in [2.05, 4.69) is 10.00 Å². The van der Waals surface area contributed by atoms with Crippen molar-refractivity contribution in [1.29, 1.82) is 0 Å². The van der Waals surface area contributed by atoms with Crippen molar-refractivity contribution in [1.82, 2.24) is 19.6 Å². The first-order chi connectivity index (χ1) is 13.7. The number of fused-ring (bicyclic) bond motifs is 1. The first-order valence-corrected chi connectivity index (χ1v) is 9.72. The SMILES string of the molecule is Cn1cc(C(=O)N2CCN(CCO)CC2)c(-c2ccc3c(c2)OCCCO3)n1. The summed E-state index contributed by atoms with van der Waals surface area (Å²) in [4.78, 5) is 17.2. The Morgan fingerprint density at radius 1 is 1.14 bits per heavy atom. The monoisotopic (exact) mass is 386 g/mol. The van der Waals surface area contributed by atoms with E-state index in [0.29, 0.717) is 49.9 Å². The minimum absolute atomic E-state index is 0.0149. The maximum absolute atomic E-state index is 13.2. The Kier molecular flexibility index (Phi) is 5.50. The fourth-order valence-electron chi connectivity index (χ4n) is 3.66. The lowest BCUT2D eigenvalue weighted by atomic mass is 10.1. The van der Waals surface area contributed by atoms with Gasteiger partial charge in [-0.25, -0.2) is 0 Å². The molecule has 4 rings (SSSR count). The van der Waals surface area contributed by atoms with Gasteiger partial charge in [0.2, 0.25) is 0 Å². The van der Waals surface area contributed by atoms with Gasteiger partial charge >= 0.3 is 0 Å². The minimum atomic E-state index is -0.0149. The van der Waals surface area contributed by atoms with Crippen molar-refractivity contribution in [2.45, 2.75) is 6.42 Å². The van der Waals surface area contributed by atoms with E-state index in [4.69, 9.17) is 14.6 Å². The Morgan fingerprint density at radius 3 is 2.64 bits per heavy atom. The van der Waals surface area contributed by atoms with Crippen molar-refractivity contribution < 1.29 is 19.4 Å². The number of benzene rings is 1. The number of β-amino-alcohol motifs (C(OH)–C–C–N with tert-alkyl or cyclic N) is 1. The number of aliphatic hydroxyl groups excluding tert-OH is 1. The van der Waals surface area contributed by atoms with E-state index >= 15 is 0 Å². The molecule has 2 aliphatic heterocycles. The predicted molar refractivity (Wildman–Crippen MR) is 104 cm³/mol. The highest BCUT2D eigenvalue weighted by Crippen LogP contribution is 2.35. The number of hydrogen-bond acceptors (Lipinski definition) is 6. The van der Waals surface area contributed by atoms with Crippen molar-refractivity contribution in [3.8, 4) is 22.8 Å². The molecule has 3 heterocycles. The maximum atomic E-state index is 13.2. The first kappa shape index (κ1) is 18.8. The van der Waals surface area contributed by atoms with Crippen LogP contribution in [0.1, 0.15) is 16.8 Å². The quantitative estimate of drug-likeness (QED) is 0.845. The molecule has 0 atom stereocenters. The lowest BCUT2D eigenvalue weighted by molar-refractivity contribution is 0.0615. The average molecular weight is 386 g/mol. The van der Waals surface area contributed by atoms with Crippen LogP contribution in [0.25, 0.3) is 11.3 Å². The van der Waals surface area contributed by atoms with Crippen molar-refractivity contribution in [2.24, 2.45) is 7.05 Å². The van der Waals surface area contributed by atoms with Crippen LogP contribution in [0, 0.1) is 0 Å². The van der Waals surface area contributed by atoms with Gasteiger partial charge in [0.15, 0.2) is 11.5 Å². The van der Waals surface area contributed by atoms with Gasteiger partial charge in [0.05, 0.1) is 25.4 Å². The van der Waals surface area contributed by atoms with Crippen molar-refractivity contribution in [3.63, 3.8) is 0 Å². The molecule has 150 valence electrons. The highest BCUT2D eigenvalue weighted by atomic mass is 16.5. The molecule has 8 nitrogen and oxygen atoms in total. The number of piperazine rings is 1. The van der Waals surface area contributed by atoms with Crippen LogP contribution < -0.4 is 9.47 Å². The largest absolute Gasteiger partial charge is 0.490 e. The predicted octanol–water partition coefficient (Wildman–Crippen LogP) is 0.998. The normalized spacial score (nSPS) is 17.4. The molecule has 8 heteroatoms. The number of ether oxygens (including phenoxy) is 2. The molecular formula is C20H26N4O4. The molecule has 0 saturated carbocycles. The smallest absolute Gasteiger partial charge is 0.257 e. The summed E-state index contributed by atoms with van der Waals surface area (Å²) in [6.07, 6.45) is 2.63. The maximum Gasteiger partial charge on any atom is 0.257 e. The van der Waals surface area contributed by atoms with E-state index in [1.807, 2.05) is 30.1 Å². The van der Waals surface area contributed by atoms with Crippen LogP contribution >= 0.6 is 0 Å². The lowest BCUT2D eigenvalue weighted by Crippen LogP contribution is -2.49. The van der Waals surface area contributed by atoms with E-state index in [-0.39, 0.29) is 12.5 Å². The zero-order valence-corrected chi connectivity index (χ0v) is 16.1. The highest BCUT2D eigenvalue weighted by molar-refractivity contribution is 6.00. The molecule has 1 fully saturated rings. The van der Waals surface area contributed by atoms with Crippen LogP contribution in [-0.2, 0) is 7.05 Å². The number of carbonyl (C=O) groups is 1. The fraction of sp³-hybridized carbons (Fsp3) is 0.500. The number of amides is 1. The molecule has 28 heavy (non-hydrogen) atoms. The van der Waals surface area contributed by atoms with E-state index in [1.165, 1.54) is 0 Å². The molecule has 0 spiro atoms. The fourth-order valence-corrected chi connectivity index (χ4v) is 3.66. The topological polar surface area (TPSA) is 80.1 Å². The molecule has 2 aliphatic rings. The molecule has 1 N–H and O–H groups in total. The summed E-state index contributed by atoms with van der Waals surface area (Å²) in [7, 11) is 1.82. The van der Waals surface area contributed by atoms with Crippen LogP contribution in [0.15, 0.2) is 24.4 Å². The summed E-state index contributed by atoms with van der Waals surface area (Å²) in [6, 6.07) is 5.71. The van der Waals surface area contributed by atoms with Crippen LogP contribution in [0.5, 0.6) is 11.5 Å². The van der Waals surface area contributed by atoms with Gasteiger partial charge in [-0.15, -0.1) is 0 Å². The molecule has 0 unspecified atom stereocenters. The van der Waals surface area contributed by atoms with Crippen LogP contribution in [0.3, 0.4) is 0 Å². The van der Waals surface area contributed by atoms with Crippen molar-refractivity contribution in [3.05, 3.63) is 30.0 Å². The molecule has 1 amide bonds. The minimum Gasteiger partial charge on any atom is -0.490 e. The Morgan fingerprint density at radius 2 is 1.89 bits per heavy atom. The second kappa shape index (κ2) is 8.20. The number of nitrogens with zero attached hydrogens (tertiary/aromatic N) is 4.